The van der Waals surface area contributed by atoms with Gasteiger partial charge in [0.15, 0.2) is 6.10 Å². The van der Waals surface area contributed by atoms with Crippen LogP contribution in [0.3, 0.4) is 0 Å². The number of hydrogen-bond donors (Lipinski definition) is 2. The van der Waals surface area contributed by atoms with E-state index in [1.165, 1.54) is 19.2 Å². The van der Waals surface area contributed by atoms with Gasteiger partial charge in [-0.25, -0.2) is 18.8 Å². The number of alkyl halides is 4. The number of halogens is 5. The third-order valence-corrected chi connectivity index (χ3v) is 4.09. The number of hydrogen-bond acceptors (Lipinski definition) is 6. The van der Waals surface area contributed by atoms with Crippen LogP contribution in [-0.4, -0.2) is 49.5 Å². The average molecular weight is 471 g/mol. The lowest BCUT2D eigenvalue weighted by Gasteiger charge is -2.27. The highest BCUT2D eigenvalue weighted by Crippen LogP contribution is 2.31. The van der Waals surface area contributed by atoms with Crippen molar-refractivity contribution in [2.24, 2.45) is 10.7 Å². The van der Waals surface area contributed by atoms with Gasteiger partial charge in [-0.1, -0.05) is 0 Å². The van der Waals surface area contributed by atoms with E-state index in [1.54, 1.807) is 0 Å². The Morgan fingerprint density at radius 3 is 2.61 bits per heavy atom. The molecule has 1 aromatic heterocycles. The Morgan fingerprint density at radius 2 is 2.06 bits per heavy atom. The number of carbonyl (C=O) groups excluding carboxylic acids is 1. The summed E-state index contributed by atoms with van der Waals surface area (Å²) < 4.78 is 76.1. The summed E-state index contributed by atoms with van der Waals surface area (Å²) in [5, 5.41) is 11.2. The second-order valence-corrected chi connectivity index (χ2v) is 6.45. The summed E-state index contributed by atoms with van der Waals surface area (Å²) in [6.07, 6.45) is -7.29. The van der Waals surface area contributed by atoms with E-state index < -0.39 is 55.0 Å². The van der Waals surface area contributed by atoms with Crippen LogP contribution in [0.2, 0.25) is 0 Å². The van der Waals surface area contributed by atoms with Gasteiger partial charge in [-0.3, -0.25) is 4.79 Å². The predicted molar refractivity (Wildman–Crippen MR) is 106 cm³/mol. The zero-order chi connectivity index (χ0) is 24.6. The Labute approximate surface area is 184 Å². The van der Waals surface area contributed by atoms with Crippen LogP contribution in [-0.2, 0) is 9.47 Å². The number of nitrogens with one attached hydrogen (secondary N) is 1. The summed E-state index contributed by atoms with van der Waals surface area (Å²) in [5.74, 6) is -1.78. The Bertz CT molecular complexity index is 1040. The number of benzene rings is 1. The van der Waals surface area contributed by atoms with Crippen molar-refractivity contribution in [3.8, 4) is 6.07 Å². The Kier molecular flexibility index (Phi) is 8.63. The van der Waals surface area contributed by atoms with E-state index in [1.807, 2.05) is 6.07 Å². The zero-order valence-corrected chi connectivity index (χ0v) is 17.1. The van der Waals surface area contributed by atoms with Crippen molar-refractivity contribution in [2.75, 3.05) is 25.6 Å². The number of amidine groups is 1. The van der Waals surface area contributed by atoms with Crippen LogP contribution in [0.4, 0.5) is 27.6 Å². The zero-order valence-electron chi connectivity index (χ0n) is 17.1. The van der Waals surface area contributed by atoms with Crippen molar-refractivity contribution in [3.05, 3.63) is 59.2 Å². The van der Waals surface area contributed by atoms with Gasteiger partial charge in [-0.2, -0.15) is 18.4 Å². The molecule has 0 saturated heterocycles. The first-order chi connectivity index (χ1) is 15.6. The van der Waals surface area contributed by atoms with Crippen molar-refractivity contribution < 1.29 is 36.2 Å². The van der Waals surface area contributed by atoms with Crippen molar-refractivity contribution in [1.29, 1.82) is 5.26 Å². The third kappa shape index (κ3) is 7.39. The van der Waals surface area contributed by atoms with Crippen LogP contribution in [0.25, 0.3) is 0 Å². The first-order valence-corrected chi connectivity index (χ1v) is 9.18. The average Bonchev–Trinajstić information content (AvgIpc) is 2.79. The maximum atomic E-state index is 14.5. The molecule has 1 aromatic carbocycles. The number of nitrogens with two attached hydrogens (primary N) is 1. The molecule has 0 spiro atoms. The molecule has 0 aliphatic carbocycles. The molecule has 2 aromatic rings. The lowest BCUT2D eigenvalue weighted by atomic mass is 10.0. The van der Waals surface area contributed by atoms with E-state index in [9.17, 15) is 26.7 Å². The molecule has 0 unspecified atom stereocenters. The predicted octanol–water partition coefficient (Wildman–Crippen LogP) is 3.26. The Balaban J connectivity index is 2.36. The molecule has 0 aliphatic rings. The van der Waals surface area contributed by atoms with Crippen molar-refractivity contribution in [3.63, 3.8) is 0 Å². The van der Waals surface area contributed by atoms with Crippen LogP contribution in [0.5, 0.6) is 0 Å². The summed E-state index contributed by atoms with van der Waals surface area (Å²) in [6.45, 7) is -3.21. The maximum absolute atomic E-state index is 14.5. The number of nitrogens with zero attached hydrogens (tertiary/aromatic N) is 3. The molecule has 1 heterocycles. The maximum Gasteiger partial charge on any atom is 0.411 e. The van der Waals surface area contributed by atoms with Gasteiger partial charge in [0.05, 0.1) is 5.56 Å². The van der Waals surface area contributed by atoms with Gasteiger partial charge in [-0.15, -0.1) is 0 Å². The molecule has 2 atom stereocenters. The molecule has 13 heteroatoms. The summed E-state index contributed by atoms with van der Waals surface area (Å²) in [6, 6.07) is 6.87. The van der Waals surface area contributed by atoms with Crippen LogP contribution in [0.15, 0.2) is 41.5 Å². The first-order valence-electron chi connectivity index (χ1n) is 9.18. The van der Waals surface area contributed by atoms with E-state index in [0.717, 1.165) is 24.4 Å². The van der Waals surface area contributed by atoms with Gasteiger partial charge >= 0.3 is 6.18 Å². The number of rotatable bonds is 8. The normalized spacial score (nSPS) is 13.7. The highest BCUT2D eigenvalue weighted by molar-refractivity contribution is 6.02. The number of aliphatic imine (C=N–C) groups is 1. The monoisotopic (exact) mass is 471 g/mol. The van der Waals surface area contributed by atoms with E-state index in [4.69, 9.17) is 20.5 Å². The molecule has 1 amide bonds. The lowest BCUT2D eigenvalue weighted by Crippen LogP contribution is -2.34. The number of nitriles is 1. The number of ether oxygens (including phenoxy) is 2. The molecular weight excluding hydrogens is 453 g/mol. The van der Waals surface area contributed by atoms with Crippen LogP contribution in [0.1, 0.15) is 27.7 Å². The molecular formula is C20H18F5N5O3. The Hall–Kier alpha value is -3.79. The van der Waals surface area contributed by atoms with Gasteiger partial charge in [0.1, 0.15) is 37.0 Å². The minimum absolute atomic E-state index is 0.0436. The van der Waals surface area contributed by atoms with E-state index in [2.05, 4.69) is 15.3 Å². The largest absolute Gasteiger partial charge is 0.456 e. The van der Waals surface area contributed by atoms with Gasteiger partial charge in [-0.05, 0) is 30.3 Å². The van der Waals surface area contributed by atoms with Crippen molar-refractivity contribution in [2.45, 2.75) is 18.4 Å². The SMILES string of the molecule is C/N=C(/N)O[C@H](CF)[C@H](OCC(F)(F)F)c1cc(NC(=O)c2ccc(C#N)cn2)ccc1F. The molecule has 176 valence electrons. The molecule has 0 bridgehead atoms. The fraction of sp³-hybridized carbons (Fsp3) is 0.300. The van der Waals surface area contributed by atoms with Gasteiger partial charge < -0.3 is 20.5 Å². The third-order valence-electron chi connectivity index (χ3n) is 4.09. The minimum Gasteiger partial charge on any atom is -0.456 e. The first kappa shape index (κ1) is 25.5. The van der Waals surface area contributed by atoms with E-state index in [0.29, 0.717) is 0 Å². The molecule has 0 radical (unpaired) electrons. The van der Waals surface area contributed by atoms with Crippen LogP contribution < -0.4 is 11.1 Å². The second-order valence-electron chi connectivity index (χ2n) is 6.45. The van der Waals surface area contributed by atoms with Crippen molar-refractivity contribution >= 4 is 17.6 Å². The number of pyridine rings is 1. The molecule has 33 heavy (non-hydrogen) atoms. The summed E-state index contributed by atoms with van der Waals surface area (Å²) >= 11 is 0. The smallest absolute Gasteiger partial charge is 0.411 e. The fourth-order valence-electron chi connectivity index (χ4n) is 2.59. The molecule has 8 nitrogen and oxygen atoms in total. The second kappa shape index (κ2) is 11.2. The Morgan fingerprint density at radius 1 is 1.33 bits per heavy atom. The van der Waals surface area contributed by atoms with Gasteiger partial charge in [0.2, 0.25) is 0 Å². The van der Waals surface area contributed by atoms with E-state index >= 15 is 0 Å². The van der Waals surface area contributed by atoms with Crippen molar-refractivity contribution in [1.82, 2.24) is 4.98 Å². The number of carbonyl (C=O) groups is 1. The molecule has 0 fully saturated rings. The number of amides is 1. The lowest BCUT2D eigenvalue weighted by molar-refractivity contribution is -0.196. The number of anilines is 1. The summed E-state index contributed by atoms with van der Waals surface area (Å²) in [4.78, 5) is 19.6. The highest BCUT2D eigenvalue weighted by atomic mass is 19.4. The fourth-order valence-corrected chi connectivity index (χ4v) is 2.59. The number of aromatic nitrogens is 1. The quantitative estimate of drug-likeness (QED) is 0.346. The minimum atomic E-state index is -4.80. The highest BCUT2D eigenvalue weighted by Gasteiger charge is 2.35. The standard InChI is InChI=1S/C20H18F5N5O3/c1-28-19(27)33-16(7-21)17(32-10-20(23,24)25)13-6-12(3-4-14(13)22)30-18(31)15-5-2-11(8-26)9-29-15/h2-6,9,16-17H,7,10H2,1H3,(H2,27,28)(H,30,31)/t16-,17-/m1/s1. The van der Waals surface area contributed by atoms with Crippen LogP contribution in [0, 0.1) is 17.1 Å². The van der Waals surface area contributed by atoms with E-state index in [-0.39, 0.29) is 16.9 Å². The topological polar surface area (TPSA) is 123 Å². The summed E-state index contributed by atoms with van der Waals surface area (Å²) in [5.41, 5.74) is 4.94. The summed E-state index contributed by atoms with van der Waals surface area (Å²) in [7, 11) is 1.20. The van der Waals surface area contributed by atoms with Gasteiger partial charge in [0.25, 0.3) is 11.9 Å². The molecule has 2 rings (SSSR count). The molecule has 0 aliphatic heterocycles. The molecule has 3 N–H and O–H groups in total. The van der Waals surface area contributed by atoms with Gasteiger partial charge in [0, 0.05) is 24.5 Å². The molecule has 0 saturated carbocycles. The van der Waals surface area contributed by atoms with Crippen LogP contribution >= 0.6 is 0 Å².